The van der Waals surface area contributed by atoms with Gasteiger partial charge in [-0.05, 0) is 90.5 Å². The van der Waals surface area contributed by atoms with E-state index in [2.05, 4.69) is 60.8 Å². The van der Waals surface area contributed by atoms with E-state index in [9.17, 15) is 9.59 Å². The number of amides is 2. The molecule has 4 aromatic rings. The van der Waals surface area contributed by atoms with E-state index in [1.165, 1.54) is 4.88 Å². The normalized spacial score (nSPS) is 16.7. The summed E-state index contributed by atoms with van der Waals surface area (Å²) in [6, 6.07) is 10.3. The van der Waals surface area contributed by atoms with E-state index in [4.69, 9.17) is 4.74 Å². The van der Waals surface area contributed by atoms with Crippen LogP contribution in [0.4, 0.5) is 10.5 Å². The Labute approximate surface area is 257 Å². The highest BCUT2D eigenvalue weighted by Crippen LogP contribution is 2.39. The first-order valence-electron chi connectivity index (χ1n) is 15.0. The van der Waals surface area contributed by atoms with E-state index in [0.717, 1.165) is 69.4 Å². The summed E-state index contributed by atoms with van der Waals surface area (Å²) in [6.45, 7) is 16.6. The third-order valence-electron chi connectivity index (χ3n) is 8.50. The standard InChI is InChI=1S/C33H40N6O3S/c1-20-11-12-21(2)39(20)31-28(22(3)23(4)43-31)30(40)36-15-13-24(17-36)18-37-19-27(34-35-37)26-10-8-9-25-14-16-38(29(25)26)32(41)42-33(5,6)7/h8-12,19,24H,13-18H2,1-7H3. The molecule has 0 aliphatic carbocycles. The Bertz CT molecular complexity index is 1690. The number of para-hydroxylation sites is 1. The van der Waals surface area contributed by atoms with Gasteiger partial charge in [0.05, 0.1) is 17.4 Å². The number of thiophene rings is 1. The number of carbonyl (C=O) groups excluding carboxylic acids is 2. The van der Waals surface area contributed by atoms with E-state index >= 15 is 0 Å². The van der Waals surface area contributed by atoms with Crippen LogP contribution in [0.2, 0.25) is 0 Å². The number of hydrogen-bond acceptors (Lipinski definition) is 6. The van der Waals surface area contributed by atoms with Gasteiger partial charge in [-0.2, -0.15) is 0 Å². The predicted octanol–water partition coefficient (Wildman–Crippen LogP) is 6.49. The van der Waals surface area contributed by atoms with Crippen molar-refractivity contribution in [2.75, 3.05) is 24.5 Å². The lowest BCUT2D eigenvalue weighted by molar-refractivity contribution is 0.0583. The summed E-state index contributed by atoms with van der Waals surface area (Å²) in [4.78, 5) is 31.8. The number of rotatable bonds is 5. The van der Waals surface area contributed by atoms with Crippen molar-refractivity contribution in [3.63, 3.8) is 0 Å². The summed E-state index contributed by atoms with van der Waals surface area (Å²) >= 11 is 1.69. The number of carbonyl (C=O) groups is 2. The third-order valence-corrected chi connectivity index (χ3v) is 9.69. The molecule has 1 fully saturated rings. The van der Waals surface area contributed by atoms with E-state index in [1.54, 1.807) is 16.2 Å². The fourth-order valence-electron chi connectivity index (χ4n) is 6.27. The maximum atomic E-state index is 13.9. The second-order valence-corrected chi connectivity index (χ2v) is 14.0. The minimum atomic E-state index is -0.572. The van der Waals surface area contributed by atoms with Crippen LogP contribution in [0.1, 0.15) is 64.9 Å². The molecule has 0 bridgehead atoms. The van der Waals surface area contributed by atoms with Crippen LogP contribution in [-0.4, -0.2) is 61.7 Å². The zero-order chi connectivity index (χ0) is 30.6. The zero-order valence-corrected chi connectivity index (χ0v) is 26.9. The Hall–Kier alpha value is -3.92. The molecule has 43 heavy (non-hydrogen) atoms. The van der Waals surface area contributed by atoms with Crippen LogP contribution in [0.5, 0.6) is 0 Å². The maximum absolute atomic E-state index is 13.9. The highest BCUT2D eigenvalue weighted by atomic mass is 32.1. The van der Waals surface area contributed by atoms with Gasteiger partial charge in [-0.25, -0.2) is 4.79 Å². The molecule has 0 saturated carbocycles. The van der Waals surface area contributed by atoms with Crippen molar-refractivity contribution in [2.45, 2.75) is 73.5 Å². The Morgan fingerprint density at radius 1 is 1.05 bits per heavy atom. The lowest BCUT2D eigenvalue weighted by atomic mass is 10.1. The number of anilines is 1. The average molecular weight is 601 g/mol. The maximum Gasteiger partial charge on any atom is 0.414 e. The molecule has 10 heteroatoms. The van der Waals surface area contributed by atoms with Crippen LogP contribution in [0.3, 0.4) is 0 Å². The molecule has 1 aromatic carbocycles. The number of nitrogens with zero attached hydrogens (tertiary/aromatic N) is 6. The van der Waals surface area contributed by atoms with Gasteiger partial charge in [-0.3, -0.25) is 14.4 Å². The number of likely N-dealkylation sites (tertiary alicyclic amines) is 1. The van der Waals surface area contributed by atoms with Crippen molar-refractivity contribution in [1.29, 1.82) is 0 Å². The minimum Gasteiger partial charge on any atom is -0.443 e. The summed E-state index contributed by atoms with van der Waals surface area (Å²) in [5, 5.41) is 9.96. The molecule has 1 atom stereocenters. The monoisotopic (exact) mass is 600 g/mol. The van der Waals surface area contributed by atoms with Crippen LogP contribution >= 0.6 is 11.3 Å². The number of fused-ring (bicyclic) bond motifs is 1. The van der Waals surface area contributed by atoms with E-state index in [-0.39, 0.29) is 17.9 Å². The lowest BCUT2D eigenvalue weighted by Crippen LogP contribution is -2.35. The van der Waals surface area contributed by atoms with Gasteiger partial charge in [0.15, 0.2) is 0 Å². The van der Waals surface area contributed by atoms with Crippen LogP contribution in [-0.2, 0) is 17.7 Å². The number of aromatic nitrogens is 4. The van der Waals surface area contributed by atoms with Gasteiger partial charge in [0.25, 0.3) is 5.91 Å². The highest BCUT2D eigenvalue weighted by molar-refractivity contribution is 7.15. The summed E-state index contributed by atoms with van der Waals surface area (Å²) in [7, 11) is 0. The van der Waals surface area contributed by atoms with E-state index < -0.39 is 5.60 Å². The molecular formula is C33H40N6O3S. The van der Waals surface area contributed by atoms with Crippen LogP contribution < -0.4 is 4.90 Å². The first-order chi connectivity index (χ1) is 20.4. The molecule has 226 valence electrons. The molecule has 0 radical (unpaired) electrons. The van der Waals surface area contributed by atoms with E-state index in [1.807, 2.05) is 48.7 Å². The quantitative estimate of drug-likeness (QED) is 0.261. The molecule has 1 unspecified atom stereocenters. The molecule has 2 aliphatic rings. The van der Waals surface area contributed by atoms with Crippen molar-refractivity contribution in [2.24, 2.45) is 5.92 Å². The average Bonchev–Trinajstić information content (AvgIpc) is 3.76. The number of aryl methyl sites for hydroxylation is 3. The molecule has 5 heterocycles. The Morgan fingerprint density at radius 3 is 2.51 bits per heavy atom. The van der Waals surface area contributed by atoms with Gasteiger partial charge in [0.1, 0.15) is 16.3 Å². The molecule has 2 amide bonds. The second kappa shape index (κ2) is 11.0. The zero-order valence-electron chi connectivity index (χ0n) is 26.1. The van der Waals surface area contributed by atoms with Gasteiger partial charge in [0, 0.05) is 48.0 Å². The topological polar surface area (TPSA) is 85.5 Å². The first-order valence-corrected chi connectivity index (χ1v) is 15.8. The lowest BCUT2D eigenvalue weighted by Gasteiger charge is -2.25. The Balaban J connectivity index is 1.18. The molecule has 0 spiro atoms. The largest absolute Gasteiger partial charge is 0.443 e. The van der Waals surface area contributed by atoms with Crippen molar-refractivity contribution in [1.82, 2.24) is 24.5 Å². The predicted molar refractivity (Wildman–Crippen MR) is 169 cm³/mol. The molecule has 6 rings (SSSR count). The Kier molecular flexibility index (Phi) is 7.44. The summed E-state index contributed by atoms with van der Waals surface area (Å²) in [6.07, 6.45) is 3.29. The molecule has 3 aromatic heterocycles. The second-order valence-electron chi connectivity index (χ2n) is 12.8. The van der Waals surface area contributed by atoms with Gasteiger partial charge in [-0.1, -0.05) is 23.4 Å². The van der Waals surface area contributed by atoms with Crippen molar-refractivity contribution < 1.29 is 14.3 Å². The van der Waals surface area contributed by atoms with Gasteiger partial charge < -0.3 is 14.2 Å². The van der Waals surface area contributed by atoms with Gasteiger partial charge >= 0.3 is 6.09 Å². The molecule has 2 aliphatic heterocycles. The Morgan fingerprint density at radius 2 is 1.79 bits per heavy atom. The molecule has 9 nitrogen and oxygen atoms in total. The first kappa shape index (κ1) is 29.2. The highest BCUT2D eigenvalue weighted by Gasteiger charge is 2.33. The fourth-order valence-corrected chi connectivity index (χ4v) is 7.54. The van der Waals surface area contributed by atoms with Crippen LogP contribution in [0, 0.1) is 33.6 Å². The van der Waals surface area contributed by atoms with E-state index in [0.29, 0.717) is 19.6 Å². The molecular weight excluding hydrogens is 560 g/mol. The van der Waals surface area contributed by atoms with Crippen LogP contribution in [0.25, 0.3) is 16.3 Å². The third kappa shape index (κ3) is 5.48. The fraction of sp³-hybridized carbons (Fsp3) is 0.455. The molecule has 0 N–H and O–H groups in total. The van der Waals surface area contributed by atoms with Crippen LogP contribution in [0.15, 0.2) is 36.5 Å². The number of benzene rings is 1. The van der Waals surface area contributed by atoms with Crippen molar-refractivity contribution in [3.8, 4) is 16.3 Å². The number of hydrogen-bond donors (Lipinski definition) is 0. The van der Waals surface area contributed by atoms with Gasteiger partial charge in [-0.15, -0.1) is 16.4 Å². The summed E-state index contributed by atoms with van der Waals surface area (Å²) in [5.41, 5.74) is 7.14. The summed E-state index contributed by atoms with van der Waals surface area (Å²) < 4.78 is 9.76. The van der Waals surface area contributed by atoms with Crippen molar-refractivity contribution in [3.05, 3.63) is 69.5 Å². The smallest absolute Gasteiger partial charge is 0.414 e. The number of ether oxygens (including phenoxy) is 1. The summed E-state index contributed by atoms with van der Waals surface area (Å²) in [5.74, 6) is 0.380. The van der Waals surface area contributed by atoms with Crippen molar-refractivity contribution >= 4 is 29.0 Å². The molecule has 1 saturated heterocycles. The minimum absolute atomic E-state index is 0.105. The SMILES string of the molecule is Cc1sc(-n2c(C)ccc2C)c(C(=O)N2CCC(Cn3cc(-c4cccc5c4N(C(=O)OC(C)(C)C)CC5)nn3)C2)c1C. The van der Waals surface area contributed by atoms with Gasteiger partial charge in [0.2, 0.25) is 0 Å².